The van der Waals surface area contributed by atoms with Crippen LogP contribution in [0.15, 0.2) is 34.9 Å². The van der Waals surface area contributed by atoms with Crippen LogP contribution in [0.1, 0.15) is 5.56 Å². The summed E-state index contributed by atoms with van der Waals surface area (Å²) in [6, 6.07) is 7.16. The number of anilines is 2. The second-order valence-corrected chi connectivity index (χ2v) is 5.02. The molecule has 0 saturated carbocycles. The summed E-state index contributed by atoms with van der Waals surface area (Å²) in [7, 11) is 0. The second kappa shape index (κ2) is 5.60. The van der Waals surface area contributed by atoms with Gasteiger partial charge in [0.1, 0.15) is 4.99 Å². The molecule has 0 unspecified atom stereocenters. The number of thiocarbonyl (C=S) groups is 1. The first-order valence-electron chi connectivity index (χ1n) is 4.92. The molecule has 92 valence electrons. The van der Waals surface area contributed by atoms with Crippen molar-refractivity contribution in [2.75, 3.05) is 5.32 Å². The standard InChI is InChI=1S/C11H8BrClN4S/c12-9-7(13)2-1-3-8(9)16-11-6(10(14)18)4-5-15-17-11/h1-5H,(H2,14,18)(H,16,17). The molecular weight excluding hydrogens is 336 g/mol. The number of hydrogen-bond acceptors (Lipinski definition) is 4. The summed E-state index contributed by atoms with van der Waals surface area (Å²) >= 11 is 14.4. The fourth-order valence-electron chi connectivity index (χ4n) is 1.35. The maximum Gasteiger partial charge on any atom is 0.163 e. The molecule has 0 bridgehead atoms. The second-order valence-electron chi connectivity index (χ2n) is 3.38. The highest BCUT2D eigenvalue weighted by Gasteiger charge is 2.10. The number of aromatic nitrogens is 2. The van der Waals surface area contributed by atoms with E-state index in [1.165, 1.54) is 6.20 Å². The van der Waals surface area contributed by atoms with Crippen LogP contribution in [0.4, 0.5) is 11.5 Å². The van der Waals surface area contributed by atoms with E-state index in [0.29, 0.717) is 16.4 Å². The van der Waals surface area contributed by atoms with Gasteiger partial charge in [-0.15, -0.1) is 5.10 Å². The number of nitrogens with one attached hydrogen (secondary N) is 1. The zero-order chi connectivity index (χ0) is 13.1. The van der Waals surface area contributed by atoms with Crippen LogP contribution >= 0.6 is 39.7 Å². The van der Waals surface area contributed by atoms with Crippen molar-refractivity contribution in [3.05, 3.63) is 45.5 Å². The first-order valence-corrected chi connectivity index (χ1v) is 6.50. The lowest BCUT2D eigenvalue weighted by Crippen LogP contribution is -2.13. The molecule has 0 aliphatic heterocycles. The summed E-state index contributed by atoms with van der Waals surface area (Å²) in [4.78, 5) is 0.255. The van der Waals surface area contributed by atoms with Crippen LogP contribution in [0.25, 0.3) is 0 Å². The van der Waals surface area contributed by atoms with Crippen molar-refractivity contribution < 1.29 is 0 Å². The Morgan fingerprint density at radius 1 is 1.39 bits per heavy atom. The van der Waals surface area contributed by atoms with Crippen LogP contribution in [0.3, 0.4) is 0 Å². The van der Waals surface area contributed by atoms with Crippen LogP contribution in [-0.4, -0.2) is 15.2 Å². The first kappa shape index (κ1) is 13.2. The van der Waals surface area contributed by atoms with Gasteiger partial charge in [0, 0.05) is 0 Å². The molecule has 0 fully saturated rings. The Bertz CT molecular complexity index is 605. The highest BCUT2D eigenvalue weighted by atomic mass is 79.9. The SMILES string of the molecule is NC(=S)c1ccnnc1Nc1cccc(Cl)c1Br. The van der Waals surface area contributed by atoms with E-state index in [9.17, 15) is 0 Å². The summed E-state index contributed by atoms with van der Waals surface area (Å²) < 4.78 is 0.742. The van der Waals surface area contributed by atoms with E-state index in [-0.39, 0.29) is 4.99 Å². The van der Waals surface area contributed by atoms with Gasteiger partial charge in [0.05, 0.1) is 26.9 Å². The van der Waals surface area contributed by atoms with Crippen LogP contribution in [-0.2, 0) is 0 Å². The lowest BCUT2D eigenvalue weighted by Gasteiger charge is -2.11. The molecular formula is C11H8BrClN4S. The van der Waals surface area contributed by atoms with Crippen molar-refractivity contribution in [2.24, 2.45) is 5.73 Å². The van der Waals surface area contributed by atoms with Gasteiger partial charge in [-0.1, -0.05) is 29.9 Å². The third-order valence-corrected chi connectivity index (χ3v) is 3.81. The molecule has 0 saturated heterocycles. The van der Waals surface area contributed by atoms with E-state index in [2.05, 4.69) is 31.4 Å². The molecule has 4 nitrogen and oxygen atoms in total. The number of nitrogens with zero attached hydrogens (tertiary/aromatic N) is 2. The maximum atomic E-state index is 6.01. The van der Waals surface area contributed by atoms with Crippen LogP contribution in [0, 0.1) is 0 Å². The van der Waals surface area contributed by atoms with E-state index in [1.54, 1.807) is 12.1 Å². The number of halogens is 2. The Balaban J connectivity index is 2.40. The number of benzene rings is 1. The Kier molecular flexibility index (Phi) is 4.11. The fourth-order valence-corrected chi connectivity index (χ4v) is 2.05. The van der Waals surface area contributed by atoms with Crippen molar-refractivity contribution in [1.29, 1.82) is 0 Å². The molecule has 0 atom stereocenters. The van der Waals surface area contributed by atoms with Gasteiger partial charge in [-0.05, 0) is 34.1 Å². The minimum Gasteiger partial charge on any atom is -0.389 e. The molecule has 18 heavy (non-hydrogen) atoms. The van der Waals surface area contributed by atoms with Gasteiger partial charge in [0.2, 0.25) is 0 Å². The van der Waals surface area contributed by atoms with Crippen LogP contribution in [0.2, 0.25) is 5.02 Å². The number of hydrogen-bond donors (Lipinski definition) is 2. The monoisotopic (exact) mass is 342 g/mol. The van der Waals surface area contributed by atoms with Crippen LogP contribution < -0.4 is 11.1 Å². The van der Waals surface area contributed by atoms with Crippen molar-refractivity contribution in [3.63, 3.8) is 0 Å². The zero-order valence-electron chi connectivity index (χ0n) is 9.02. The lowest BCUT2D eigenvalue weighted by molar-refractivity contribution is 1.03. The summed E-state index contributed by atoms with van der Waals surface area (Å²) in [5.41, 5.74) is 7.02. The summed E-state index contributed by atoms with van der Waals surface area (Å²) in [6.07, 6.45) is 1.53. The molecule has 0 radical (unpaired) electrons. The minimum atomic E-state index is 0.255. The van der Waals surface area contributed by atoms with Crippen molar-refractivity contribution in [1.82, 2.24) is 10.2 Å². The Morgan fingerprint density at radius 2 is 2.17 bits per heavy atom. The quantitative estimate of drug-likeness (QED) is 0.837. The largest absolute Gasteiger partial charge is 0.389 e. The zero-order valence-corrected chi connectivity index (χ0v) is 12.2. The summed E-state index contributed by atoms with van der Waals surface area (Å²) in [5, 5.41) is 11.5. The predicted octanol–water partition coefficient (Wildman–Crippen LogP) is 3.27. The number of nitrogens with two attached hydrogens (primary N) is 1. The molecule has 1 aromatic heterocycles. The molecule has 0 amide bonds. The smallest absolute Gasteiger partial charge is 0.163 e. The first-order chi connectivity index (χ1) is 8.59. The Hall–Kier alpha value is -1.24. The minimum absolute atomic E-state index is 0.255. The average Bonchev–Trinajstić information content (AvgIpc) is 2.35. The predicted molar refractivity (Wildman–Crippen MR) is 80.4 cm³/mol. The average molecular weight is 344 g/mol. The van der Waals surface area contributed by atoms with E-state index in [1.807, 2.05) is 12.1 Å². The van der Waals surface area contributed by atoms with E-state index < -0.39 is 0 Å². The molecule has 2 rings (SSSR count). The molecule has 0 aliphatic carbocycles. The van der Waals surface area contributed by atoms with Crippen LogP contribution in [0.5, 0.6) is 0 Å². The fraction of sp³-hybridized carbons (Fsp3) is 0. The van der Waals surface area contributed by atoms with Crippen molar-refractivity contribution >= 4 is 56.2 Å². The van der Waals surface area contributed by atoms with Crippen molar-refractivity contribution in [2.45, 2.75) is 0 Å². The highest BCUT2D eigenvalue weighted by Crippen LogP contribution is 2.32. The van der Waals surface area contributed by atoms with E-state index in [0.717, 1.165) is 10.2 Å². The van der Waals surface area contributed by atoms with Gasteiger partial charge < -0.3 is 11.1 Å². The highest BCUT2D eigenvalue weighted by molar-refractivity contribution is 9.10. The van der Waals surface area contributed by atoms with Gasteiger partial charge in [0.15, 0.2) is 5.82 Å². The Morgan fingerprint density at radius 3 is 2.89 bits per heavy atom. The van der Waals surface area contributed by atoms with Gasteiger partial charge in [-0.3, -0.25) is 0 Å². The van der Waals surface area contributed by atoms with E-state index >= 15 is 0 Å². The molecule has 3 N–H and O–H groups in total. The molecule has 7 heteroatoms. The lowest BCUT2D eigenvalue weighted by atomic mass is 10.2. The van der Waals surface area contributed by atoms with Gasteiger partial charge >= 0.3 is 0 Å². The Labute approximate surface area is 123 Å². The summed E-state index contributed by atoms with van der Waals surface area (Å²) in [6.45, 7) is 0. The topological polar surface area (TPSA) is 63.8 Å². The third-order valence-electron chi connectivity index (χ3n) is 2.19. The van der Waals surface area contributed by atoms with Gasteiger partial charge in [-0.25, -0.2) is 0 Å². The van der Waals surface area contributed by atoms with E-state index in [4.69, 9.17) is 29.6 Å². The molecule has 2 aromatic rings. The molecule has 1 heterocycles. The molecule has 0 aliphatic rings. The molecule has 1 aromatic carbocycles. The van der Waals surface area contributed by atoms with Crippen molar-refractivity contribution in [3.8, 4) is 0 Å². The number of rotatable bonds is 3. The third kappa shape index (κ3) is 2.77. The molecule has 0 spiro atoms. The summed E-state index contributed by atoms with van der Waals surface area (Å²) in [5.74, 6) is 0.493. The van der Waals surface area contributed by atoms with Gasteiger partial charge in [0.25, 0.3) is 0 Å². The normalized spacial score (nSPS) is 10.1. The van der Waals surface area contributed by atoms with Gasteiger partial charge in [-0.2, -0.15) is 5.10 Å². The maximum absolute atomic E-state index is 6.01.